The summed E-state index contributed by atoms with van der Waals surface area (Å²) in [6.07, 6.45) is 1.31. The van der Waals surface area contributed by atoms with Gasteiger partial charge in [-0.05, 0) is 6.42 Å². The summed E-state index contributed by atoms with van der Waals surface area (Å²) < 4.78 is 0. The Morgan fingerprint density at radius 2 is 1.15 bits per heavy atom. The van der Waals surface area contributed by atoms with Crippen molar-refractivity contribution in [3.8, 4) is 0 Å². The average Bonchev–Trinajstić information content (AvgIpc) is 2.13. The molecule has 0 aromatic carbocycles. The number of aliphatic carboxylic acids is 3. The largest absolute Gasteiger partial charge is 0.481 e. The van der Waals surface area contributed by atoms with Crippen molar-refractivity contribution in [2.24, 2.45) is 0 Å². The molecule has 0 saturated heterocycles. The van der Waals surface area contributed by atoms with Crippen LogP contribution in [-0.2, 0) is 14.4 Å². The minimum atomic E-state index is -0.789. The third-order valence-corrected chi connectivity index (χ3v) is 1.77. The molecule has 0 aliphatic heterocycles. The lowest BCUT2D eigenvalue weighted by molar-refractivity contribution is -0.138. The molecule has 0 bridgehead atoms. The second kappa shape index (κ2) is 16.2. The fourth-order valence-corrected chi connectivity index (χ4v) is 1.03. The Morgan fingerprint density at radius 3 is 1.15 bits per heavy atom. The Bertz CT molecular complexity index is 259. The van der Waals surface area contributed by atoms with Crippen LogP contribution in [0, 0.1) is 0 Å². The van der Waals surface area contributed by atoms with Gasteiger partial charge in [-0.15, -0.1) is 0 Å². The summed E-state index contributed by atoms with van der Waals surface area (Å²) in [5.74, 6) is -2.29. The van der Waals surface area contributed by atoms with Gasteiger partial charge in [0.15, 0.2) is 0 Å². The van der Waals surface area contributed by atoms with E-state index in [-0.39, 0.29) is 23.3 Å². The van der Waals surface area contributed by atoms with Gasteiger partial charge in [0.1, 0.15) is 0 Å². The maximum absolute atomic E-state index is 9.76. The van der Waals surface area contributed by atoms with Crippen molar-refractivity contribution in [1.29, 1.82) is 0 Å². The van der Waals surface area contributed by atoms with Gasteiger partial charge in [-0.2, -0.15) is 25.3 Å². The molecule has 0 spiro atoms. The summed E-state index contributed by atoms with van der Waals surface area (Å²) in [7, 11) is 0. The lowest BCUT2D eigenvalue weighted by Crippen LogP contribution is -2.01. The van der Waals surface area contributed by atoms with Gasteiger partial charge in [0.2, 0.25) is 0 Å². The predicted octanol–water partition coefficient (Wildman–Crippen LogP) is 2.43. The first-order chi connectivity index (χ1) is 9.02. The number of carboxylic acids is 3. The highest BCUT2D eigenvalue weighted by Gasteiger charge is 1.99. The monoisotopic (exact) mass is 328 g/mol. The molecule has 0 radical (unpaired) electrons. The molecule has 3 N–H and O–H groups in total. The first kappa shape index (κ1) is 24.1. The highest BCUT2D eigenvalue weighted by molar-refractivity contribution is 7.81. The van der Waals surface area contributed by atoms with Crippen molar-refractivity contribution in [2.75, 3.05) is 0 Å². The van der Waals surface area contributed by atoms with Crippen molar-refractivity contribution >= 4 is 43.2 Å². The van der Waals surface area contributed by atoms with Crippen LogP contribution in [-0.4, -0.2) is 43.7 Å². The van der Waals surface area contributed by atoms with Crippen LogP contribution in [0.3, 0.4) is 0 Å². The van der Waals surface area contributed by atoms with E-state index >= 15 is 0 Å². The topological polar surface area (TPSA) is 112 Å². The molecule has 120 valence electrons. The van der Waals surface area contributed by atoms with Crippen LogP contribution in [0.2, 0.25) is 0 Å². The van der Waals surface area contributed by atoms with Gasteiger partial charge in [0.05, 0.1) is 12.8 Å². The number of hydrogen-bond donors (Lipinski definition) is 5. The van der Waals surface area contributed by atoms with Gasteiger partial charge in [-0.25, -0.2) is 0 Å². The zero-order chi connectivity index (χ0) is 16.7. The van der Waals surface area contributed by atoms with Crippen LogP contribution >= 0.6 is 25.3 Å². The van der Waals surface area contributed by atoms with Gasteiger partial charge in [-0.1, -0.05) is 20.8 Å². The van der Waals surface area contributed by atoms with Gasteiger partial charge in [0, 0.05) is 16.9 Å². The van der Waals surface area contributed by atoms with Gasteiger partial charge < -0.3 is 15.3 Å². The normalized spacial score (nSPS) is 11.8. The summed E-state index contributed by atoms with van der Waals surface area (Å²) in [4.78, 5) is 29.1. The first-order valence-corrected chi connectivity index (χ1v) is 7.07. The Labute approximate surface area is 130 Å². The number of hydrogen-bond acceptors (Lipinski definition) is 5. The Kier molecular flexibility index (Phi) is 19.5. The van der Waals surface area contributed by atoms with Crippen LogP contribution in [0.4, 0.5) is 0 Å². The lowest BCUT2D eigenvalue weighted by atomic mass is 10.3. The molecule has 0 aromatic rings. The molecule has 20 heavy (non-hydrogen) atoms. The summed E-state index contributed by atoms with van der Waals surface area (Å²) in [6, 6.07) is 0. The maximum Gasteiger partial charge on any atom is 0.304 e. The first-order valence-electron chi connectivity index (χ1n) is 6.04. The quantitative estimate of drug-likeness (QED) is 0.479. The molecular formula is C12H24O6S2. The van der Waals surface area contributed by atoms with E-state index in [0.717, 1.165) is 6.42 Å². The average molecular weight is 328 g/mol. The minimum Gasteiger partial charge on any atom is -0.481 e. The van der Waals surface area contributed by atoms with Gasteiger partial charge in [-0.3, -0.25) is 14.4 Å². The standard InChI is InChI=1S/2C4H8O2S.C4H8O2/c2*1-3(7)2-4(5)6;1-2-3-4(5)6/h2*3,7H,2H2,1H3,(H,5,6);2-3H2,1H3,(H,5,6). The van der Waals surface area contributed by atoms with Crippen molar-refractivity contribution in [1.82, 2.24) is 0 Å². The highest BCUT2D eigenvalue weighted by Crippen LogP contribution is 1.97. The Morgan fingerprint density at radius 1 is 0.850 bits per heavy atom. The second-order valence-corrected chi connectivity index (χ2v) is 5.80. The van der Waals surface area contributed by atoms with E-state index in [1.807, 2.05) is 6.92 Å². The third-order valence-electron chi connectivity index (χ3n) is 1.40. The fourth-order valence-electron chi connectivity index (χ4n) is 0.719. The molecule has 0 aliphatic carbocycles. The smallest absolute Gasteiger partial charge is 0.304 e. The van der Waals surface area contributed by atoms with Gasteiger partial charge in [0.25, 0.3) is 0 Å². The molecule has 0 aromatic heterocycles. The van der Waals surface area contributed by atoms with E-state index in [4.69, 9.17) is 15.3 Å². The van der Waals surface area contributed by atoms with Crippen LogP contribution in [0.15, 0.2) is 0 Å². The van der Waals surface area contributed by atoms with Crippen LogP contribution in [0.1, 0.15) is 46.5 Å². The molecule has 8 heteroatoms. The molecule has 6 nitrogen and oxygen atoms in total. The van der Waals surface area contributed by atoms with Crippen LogP contribution in [0.25, 0.3) is 0 Å². The molecule has 0 aliphatic rings. The molecule has 0 rings (SSSR count). The van der Waals surface area contributed by atoms with Crippen molar-refractivity contribution in [2.45, 2.75) is 57.0 Å². The van der Waals surface area contributed by atoms with E-state index < -0.39 is 17.9 Å². The van der Waals surface area contributed by atoms with Crippen molar-refractivity contribution in [3.05, 3.63) is 0 Å². The van der Waals surface area contributed by atoms with Gasteiger partial charge >= 0.3 is 17.9 Å². The fraction of sp³-hybridized carbons (Fsp3) is 0.750. The van der Waals surface area contributed by atoms with E-state index in [1.165, 1.54) is 0 Å². The molecule has 2 atom stereocenters. The Hall–Kier alpha value is -0.890. The SMILES string of the molecule is CC(S)CC(=O)O.CC(S)CC(=O)O.CCCC(=O)O. The molecule has 0 fully saturated rings. The third kappa shape index (κ3) is 43.4. The molecule has 0 saturated carbocycles. The number of carbonyl (C=O) groups is 3. The summed E-state index contributed by atoms with van der Waals surface area (Å²) in [5, 5.41) is 23.9. The molecule has 2 unspecified atom stereocenters. The Balaban J connectivity index is -0.000000218. The number of carboxylic acid groups (broad SMARTS) is 3. The van der Waals surface area contributed by atoms with Crippen LogP contribution in [0.5, 0.6) is 0 Å². The van der Waals surface area contributed by atoms with E-state index in [9.17, 15) is 14.4 Å². The molecular weight excluding hydrogens is 304 g/mol. The summed E-state index contributed by atoms with van der Waals surface area (Å²) >= 11 is 7.71. The lowest BCUT2D eigenvalue weighted by Gasteiger charge is -1.93. The van der Waals surface area contributed by atoms with Crippen molar-refractivity contribution < 1.29 is 29.7 Å². The minimum absolute atomic E-state index is 0.0301. The molecule has 0 amide bonds. The van der Waals surface area contributed by atoms with E-state index in [0.29, 0.717) is 6.42 Å². The zero-order valence-electron chi connectivity index (χ0n) is 11.9. The predicted molar refractivity (Wildman–Crippen MR) is 83.9 cm³/mol. The zero-order valence-corrected chi connectivity index (χ0v) is 13.7. The number of thiol groups is 2. The van der Waals surface area contributed by atoms with E-state index in [1.54, 1.807) is 13.8 Å². The molecule has 0 heterocycles. The van der Waals surface area contributed by atoms with E-state index in [2.05, 4.69) is 25.3 Å². The van der Waals surface area contributed by atoms with Crippen LogP contribution < -0.4 is 0 Å². The highest BCUT2D eigenvalue weighted by atomic mass is 32.1. The summed E-state index contributed by atoms with van der Waals surface area (Å²) in [5.41, 5.74) is 0. The number of rotatable bonds is 6. The second-order valence-electron chi connectivity index (χ2n) is 4.04. The maximum atomic E-state index is 9.76. The summed E-state index contributed by atoms with van der Waals surface area (Å²) in [6.45, 7) is 5.34. The van der Waals surface area contributed by atoms with Crippen molar-refractivity contribution in [3.63, 3.8) is 0 Å².